The van der Waals surface area contributed by atoms with Gasteiger partial charge in [0, 0.05) is 6.42 Å². The van der Waals surface area contributed by atoms with Crippen molar-refractivity contribution < 1.29 is 13.9 Å². The Morgan fingerprint density at radius 2 is 2.05 bits per heavy atom. The molecule has 0 bridgehead atoms. The lowest BCUT2D eigenvalue weighted by atomic mass is 10.1. The Morgan fingerprint density at radius 3 is 2.67 bits per heavy atom. The lowest BCUT2D eigenvalue weighted by Crippen LogP contribution is -2.15. The number of nitrogens with zero attached hydrogens (tertiary/aromatic N) is 2. The zero-order valence-corrected chi connectivity index (χ0v) is 11.9. The Balaban J connectivity index is 2.32. The molecule has 1 heterocycles. The lowest BCUT2D eigenvalue weighted by molar-refractivity contribution is 0.0525. The van der Waals surface area contributed by atoms with Crippen molar-refractivity contribution in [2.45, 2.75) is 20.3 Å². The first kappa shape index (κ1) is 14.9. The number of anilines is 1. The van der Waals surface area contributed by atoms with Crippen molar-refractivity contribution in [2.75, 3.05) is 12.3 Å². The number of hydrogen-bond donors (Lipinski definition) is 1. The number of aryl methyl sites for hydroxylation is 1. The number of carbonyl (C=O) groups excluding carboxylic acids is 1. The van der Waals surface area contributed by atoms with Gasteiger partial charge in [-0.3, -0.25) is 0 Å². The standard InChI is InChI=1S/C15H16FN3O2/c1-3-21-15(20)13-9(2)18-12(19-14(13)17)8-10-6-4-5-7-11(10)16/h4-7H,3,8H2,1-2H3,(H2,17,18,19). The summed E-state index contributed by atoms with van der Waals surface area (Å²) in [6, 6.07) is 6.38. The molecule has 0 aliphatic rings. The average Bonchev–Trinajstić information content (AvgIpc) is 2.41. The summed E-state index contributed by atoms with van der Waals surface area (Å²) in [5, 5.41) is 0. The number of esters is 1. The number of halogens is 1. The average molecular weight is 289 g/mol. The molecule has 0 unspecified atom stereocenters. The zero-order chi connectivity index (χ0) is 15.4. The summed E-state index contributed by atoms with van der Waals surface area (Å²) in [4.78, 5) is 20.1. The largest absolute Gasteiger partial charge is 0.462 e. The van der Waals surface area contributed by atoms with Crippen molar-refractivity contribution in [1.29, 1.82) is 0 Å². The molecule has 0 aliphatic carbocycles. The van der Waals surface area contributed by atoms with Crippen molar-refractivity contribution in [1.82, 2.24) is 9.97 Å². The van der Waals surface area contributed by atoms with Gasteiger partial charge in [0.2, 0.25) is 0 Å². The molecule has 0 spiro atoms. The van der Waals surface area contributed by atoms with Crippen LogP contribution in [0.1, 0.15) is 34.4 Å². The van der Waals surface area contributed by atoms with Crippen LogP contribution in [0.3, 0.4) is 0 Å². The number of hydrogen-bond acceptors (Lipinski definition) is 5. The highest BCUT2D eigenvalue weighted by Gasteiger charge is 2.18. The van der Waals surface area contributed by atoms with E-state index in [0.29, 0.717) is 17.1 Å². The number of carbonyl (C=O) groups is 1. The van der Waals surface area contributed by atoms with Gasteiger partial charge in [0.15, 0.2) is 0 Å². The first-order chi connectivity index (χ1) is 10.0. The minimum atomic E-state index is -0.551. The van der Waals surface area contributed by atoms with E-state index in [2.05, 4.69) is 9.97 Å². The summed E-state index contributed by atoms with van der Waals surface area (Å²) in [5.41, 5.74) is 6.86. The van der Waals surface area contributed by atoms with Gasteiger partial charge in [-0.05, 0) is 25.5 Å². The third-order valence-electron chi connectivity index (χ3n) is 2.95. The van der Waals surface area contributed by atoms with E-state index in [1.54, 1.807) is 32.0 Å². The van der Waals surface area contributed by atoms with Crippen LogP contribution < -0.4 is 5.73 Å². The number of ether oxygens (including phenoxy) is 1. The van der Waals surface area contributed by atoms with Crippen molar-refractivity contribution >= 4 is 11.8 Å². The Labute approximate surface area is 122 Å². The number of rotatable bonds is 4. The molecule has 1 aromatic heterocycles. The number of nitrogens with two attached hydrogens (primary N) is 1. The van der Waals surface area contributed by atoms with Crippen LogP contribution in [0.2, 0.25) is 0 Å². The predicted octanol–water partition coefficient (Wildman–Crippen LogP) is 2.27. The lowest BCUT2D eigenvalue weighted by Gasteiger charge is -2.10. The van der Waals surface area contributed by atoms with Gasteiger partial charge in [0.05, 0.1) is 12.3 Å². The van der Waals surface area contributed by atoms with Crippen LogP contribution in [-0.4, -0.2) is 22.5 Å². The van der Waals surface area contributed by atoms with E-state index in [1.807, 2.05) is 0 Å². The minimum Gasteiger partial charge on any atom is -0.462 e. The summed E-state index contributed by atoms with van der Waals surface area (Å²) in [5.74, 6) is -0.466. The molecule has 0 atom stereocenters. The van der Waals surface area contributed by atoms with Crippen LogP contribution in [0, 0.1) is 12.7 Å². The van der Waals surface area contributed by atoms with E-state index in [4.69, 9.17) is 10.5 Å². The molecule has 21 heavy (non-hydrogen) atoms. The van der Waals surface area contributed by atoms with Crippen molar-refractivity contribution in [3.63, 3.8) is 0 Å². The second-order valence-electron chi connectivity index (χ2n) is 4.47. The summed E-state index contributed by atoms with van der Waals surface area (Å²) < 4.78 is 18.5. The van der Waals surface area contributed by atoms with Gasteiger partial charge in [-0.2, -0.15) is 0 Å². The molecule has 0 saturated carbocycles. The first-order valence-electron chi connectivity index (χ1n) is 6.56. The Morgan fingerprint density at radius 1 is 1.33 bits per heavy atom. The van der Waals surface area contributed by atoms with Crippen molar-refractivity contribution in [2.24, 2.45) is 0 Å². The van der Waals surface area contributed by atoms with E-state index < -0.39 is 5.97 Å². The fraction of sp³-hybridized carbons (Fsp3) is 0.267. The smallest absolute Gasteiger partial charge is 0.343 e. The molecule has 0 fully saturated rings. The van der Waals surface area contributed by atoms with Crippen LogP contribution >= 0.6 is 0 Å². The van der Waals surface area contributed by atoms with Crippen LogP contribution in [0.15, 0.2) is 24.3 Å². The van der Waals surface area contributed by atoms with Crippen LogP contribution in [0.5, 0.6) is 0 Å². The molecule has 2 aromatic rings. The second-order valence-corrected chi connectivity index (χ2v) is 4.47. The van der Waals surface area contributed by atoms with E-state index in [-0.39, 0.29) is 30.2 Å². The van der Waals surface area contributed by atoms with Gasteiger partial charge in [0.25, 0.3) is 0 Å². The fourth-order valence-corrected chi connectivity index (χ4v) is 2.00. The Kier molecular flexibility index (Phi) is 4.47. The van der Waals surface area contributed by atoms with E-state index in [1.165, 1.54) is 6.07 Å². The molecular formula is C15H16FN3O2. The van der Waals surface area contributed by atoms with E-state index in [9.17, 15) is 9.18 Å². The van der Waals surface area contributed by atoms with Crippen molar-refractivity contribution in [3.8, 4) is 0 Å². The summed E-state index contributed by atoms with van der Waals surface area (Å²) >= 11 is 0. The molecule has 0 saturated heterocycles. The molecule has 5 nitrogen and oxygen atoms in total. The normalized spacial score (nSPS) is 10.4. The monoisotopic (exact) mass is 289 g/mol. The molecular weight excluding hydrogens is 273 g/mol. The number of benzene rings is 1. The fourth-order valence-electron chi connectivity index (χ4n) is 2.00. The highest BCUT2D eigenvalue weighted by atomic mass is 19.1. The Bertz CT molecular complexity index is 651. The molecule has 6 heteroatoms. The van der Waals surface area contributed by atoms with Gasteiger partial charge >= 0.3 is 5.97 Å². The molecule has 0 radical (unpaired) electrons. The molecule has 0 amide bonds. The van der Waals surface area contributed by atoms with Gasteiger partial charge in [-0.25, -0.2) is 19.2 Å². The predicted molar refractivity (Wildman–Crippen MR) is 76.3 cm³/mol. The number of nitrogen functional groups attached to an aromatic ring is 1. The summed E-state index contributed by atoms with van der Waals surface area (Å²) in [7, 11) is 0. The van der Waals surface area contributed by atoms with Crippen LogP contribution in [0.25, 0.3) is 0 Å². The first-order valence-corrected chi connectivity index (χ1v) is 6.56. The maximum Gasteiger partial charge on any atom is 0.343 e. The van der Waals surface area contributed by atoms with Crippen molar-refractivity contribution in [3.05, 3.63) is 52.7 Å². The summed E-state index contributed by atoms with van der Waals surface area (Å²) in [6.07, 6.45) is 0.209. The third-order valence-corrected chi connectivity index (χ3v) is 2.95. The molecule has 0 aliphatic heterocycles. The van der Waals surface area contributed by atoms with E-state index >= 15 is 0 Å². The van der Waals surface area contributed by atoms with Gasteiger partial charge in [-0.15, -0.1) is 0 Å². The molecule has 2 N–H and O–H groups in total. The SMILES string of the molecule is CCOC(=O)c1c(C)nc(Cc2ccccc2F)nc1N. The third kappa shape index (κ3) is 3.34. The zero-order valence-electron chi connectivity index (χ0n) is 11.9. The highest BCUT2D eigenvalue weighted by Crippen LogP contribution is 2.17. The van der Waals surface area contributed by atoms with E-state index in [0.717, 1.165) is 0 Å². The Hall–Kier alpha value is -2.50. The maximum absolute atomic E-state index is 13.6. The second kappa shape index (κ2) is 6.30. The topological polar surface area (TPSA) is 78.1 Å². The molecule has 2 rings (SSSR count). The molecule has 1 aromatic carbocycles. The number of aromatic nitrogens is 2. The quantitative estimate of drug-likeness (QED) is 0.874. The molecule has 110 valence electrons. The van der Waals surface area contributed by atoms with Crippen LogP contribution in [0.4, 0.5) is 10.2 Å². The van der Waals surface area contributed by atoms with Gasteiger partial charge in [-0.1, -0.05) is 18.2 Å². The highest BCUT2D eigenvalue weighted by molar-refractivity contribution is 5.95. The minimum absolute atomic E-state index is 0.0484. The van der Waals surface area contributed by atoms with Gasteiger partial charge in [0.1, 0.15) is 23.0 Å². The maximum atomic E-state index is 13.6. The van der Waals surface area contributed by atoms with Gasteiger partial charge < -0.3 is 10.5 Å². The van der Waals surface area contributed by atoms with Crippen LogP contribution in [-0.2, 0) is 11.2 Å². The summed E-state index contributed by atoms with van der Waals surface area (Å²) in [6.45, 7) is 3.60.